The van der Waals surface area contributed by atoms with Crippen LogP contribution in [0.1, 0.15) is 31.7 Å². The number of aromatic nitrogens is 2. The van der Waals surface area contributed by atoms with Crippen molar-refractivity contribution in [1.82, 2.24) is 9.97 Å². The monoisotopic (exact) mass is 316 g/mol. The number of hydrogen-bond donors (Lipinski definition) is 2. The van der Waals surface area contributed by atoms with Gasteiger partial charge in [-0.1, -0.05) is 26.0 Å². The third-order valence-electron chi connectivity index (χ3n) is 3.43. The Morgan fingerprint density at radius 2 is 1.91 bits per heavy atom. The first-order valence-electron chi connectivity index (χ1n) is 7.73. The quantitative estimate of drug-likeness (QED) is 0.726. The number of hydrogen-bond acceptors (Lipinski definition) is 6. The summed E-state index contributed by atoms with van der Waals surface area (Å²) in [5, 5.41) is 3.16. The molecule has 0 fully saturated rings. The highest BCUT2D eigenvalue weighted by molar-refractivity contribution is 5.66. The Kier molecular flexibility index (Phi) is 6.17. The van der Waals surface area contributed by atoms with E-state index in [9.17, 15) is 0 Å². The maximum Gasteiger partial charge on any atom is 0.248 e. The molecular weight excluding hydrogens is 292 g/mol. The third-order valence-corrected chi connectivity index (χ3v) is 3.43. The molecule has 0 aliphatic carbocycles. The Labute approximate surface area is 137 Å². The first-order valence-corrected chi connectivity index (χ1v) is 7.73. The number of nitrogens with one attached hydrogen (secondary N) is 1. The number of nitrogens with zero attached hydrogens (tertiary/aromatic N) is 2. The van der Waals surface area contributed by atoms with Crippen LogP contribution < -0.4 is 15.8 Å². The van der Waals surface area contributed by atoms with Crippen molar-refractivity contribution in [2.45, 2.75) is 26.2 Å². The molecule has 0 aliphatic rings. The molecule has 0 unspecified atom stereocenters. The molecule has 1 aromatic heterocycles. The Morgan fingerprint density at radius 3 is 2.57 bits per heavy atom. The molecule has 1 aromatic carbocycles. The van der Waals surface area contributed by atoms with Gasteiger partial charge in [-0.2, -0.15) is 4.98 Å². The minimum atomic E-state index is 0.353. The zero-order valence-corrected chi connectivity index (χ0v) is 13.9. The summed E-state index contributed by atoms with van der Waals surface area (Å²) < 4.78 is 10.8. The van der Waals surface area contributed by atoms with Gasteiger partial charge in [0, 0.05) is 20.3 Å². The van der Waals surface area contributed by atoms with Gasteiger partial charge in [-0.15, -0.1) is 0 Å². The van der Waals surface area contributed by atoms with Gasteiger partial charge in [0.1, 0.15) is 17.8 Å². The molecule has 23 heavy (non-hydrogen) atoms. The van der Waals surface area contributed by atoms with Crippen LogP contribution in [0.5, 0.6) is 11.6 Å². The molecule has 124 valence electrons. The van der Waals surface area contributed by atoms with E-state index in [0.29, 0.717) is 35.7 Å². The minimum Gasteiger partial charge on any atom is -0.437 e. The largest absolute Gasteiger partial charge is 0.437 e. The lowest BCUT2D eigenvalue weighted by Crippen LogP contribution is -2.09. The lowest BCUT2D eigenvalue weighted by Gasteiger charge is -2.12. The second-order valence-corrected chi connectivity index (χ2v) is 5.54. The summed E-state index contributed by atoms with van der Waals surface area (Å²) in [6.45, 7) is 5.71. The fourth-order valence-electron chi connectivity index (χ4n) is 2.06. The number of anilines is 2. The molecular formula is C17H24N4O2. The summed E-state index contributed by atoms with van der Waals surface area (Å²) >= 11 is 0. The Balaban J connectivity index is 2.04. The Morgan fingerprint density at radius 1 is 1.17 bits per heavy atom. The summed E-state index contributed by atoms with van der Waals surface area (Å²) in [7, 11) is 1.68. The van der Waals surface area contributed by atoms with Crippen molar-refractivity contribution in [3.8, 4) is 11.6 Å². The maximum absolute atomic E-state index is 6.08. The second kappa shape index (κ2) is 8.33. The molecule has 3 N–H and O–H groups in total. The lowest BCUT2D eigenvalue weighted by atomic mass is 10.0. The molecule has 2 aromatic rings. The molecule has 0 spiro atoms. The van der Waals surface area contributed by atoms with Crippen LogP contribution in [-0.2, 0) is 4.74 Å². The molecule has 0 aliphatic heterocycles. The summed E-state index contributed by atoms with van der Waals surface area (Å²) in [6.07, 6.45) is 2.31. The number of methoxy groups -OCH3 is 1. The third kappa shape index (κ3) is 4.82. The van der Waals surface area contributed by atoms with Crippen molar-refractivity contribution in [1.29, 1.82) is 0 Å². The first-order chi connectivity index (χ1) is 11.1. The van der Waals surface area contributed by atoms with Gasteiger partial charge in [0.05, 0.1) is 0 Å². The average molecular weight is 316 g/mol. The predicted octanol–water partition coefficient (Wildman–Crippen LogP) is 3.42. The van der Waals surface area contributed by atoms with E-state index in [4.69, 9.17) is 15.2 Å². The fourth-order valence-corrected chi connectivity index (χ4v) is 2.06. The highest BCUT2D eigenvalue weighted by atomic mass is 16.5. The smallest absolute Gasteiger partial charge is 0.248 e. The molecule has 6 heteroatoms. The normalized spacial score (nSPS) is 10.8. The van der Waals surface area contributed by atoms with Gasteiger partial charge in [-0.05, 0) is 30.0 Å². The fraction of sp³-hybridized carbons (Fsp3) is 0.412. The van der Waals surface area contributed by atoms with Crippen LogP contribution in [0, 0.1) is 0 Å². The topological polar surface area (TPSA) is 82.3 Å². The van der Waals surface area contributed by atoms with E-state index in [1.807, 2.05) is 24.3 Å². The highest BCUT2D eigenvalue weighted by Gasteiger charge is 2.10. The Hall–Kier alpha value is -2.34. The van der Waals surface area contributed by atoms with E-state index in [-0.39, 0.29) is 0 Å². The van der Waals surface area contributed by atoms with Crippen LogP contribution in [0.4, 0.5) is 11.5 Å². The van der Waals surface area contributed by atoms with Crippen LogP contribution in [0.25, 0.3) is 0 Å². The molecule has 0 saturated heterocycles. The van der Waals surface area contributed by atoms with Gasteiger partial charge < -0.3 is 20.5 Å². The highest BCUT2D eigenvalue weighted by Crippen LogP contribution is 2.29. The van der Waals surface area contributed by atoms with E-state index in [0.717, 1.165) is 13.0 Å². The Bertz CT molecular complexity index is 614. The van der Waals surface area contributed by atoms with E-state index in [1.165, 1.54) is 11.9 Å². The average Bonchev–Trinajstić information content (AvgIpc) is 2.55. The SMILES string of the molecule is COCCCNc1ncnc(Oc2ccc(C(C)C)cc2)c1N. The van der Waals surface area contributed by atoms with Crippen molar-refractivity contribution in [2.75, 3.05) is 31.3 Å². The van der Waals surface area contributed by atoms with Gasteiger partial charge in [-0.25, -0.2) is 4.98 Å². The molecule has 1 heterocycles. The van der Waals surface area contributed by atoms with Gasteiger partial charge in [-0.3, -0.25) is 0 Å². The van der Waals surface area contributed by atoms with Crippen molar-refractivity contribution < 1.29 is 9.47 Å². The second-order valence-electron chi connectivity index (χ2n) is 5.54. The van der Waals surface area contributed by atoms with E-state index in [2.05, 4.69) is 29.1 Å². The standard InChI is InChI=1S/C17H24N4O2/c1-12(2)13-5-7-14(8-6-13)23-17-15(18)16(20-11-21-17)19-9-4-10-22-3/h5-8,11-12H,4,9-10,18H2,1-3H3,(H,19,20,21). The van der Waals surface area contributed by atoms with Crippen LogP contribution in [0.2, 0.25) is 0 Å². The molecule has 2 rings (SSSR count). The van der Waals surface area contributed by atoms with Crippen LogP contribution in [-0.4, -0.2) is 30.2 Å². The number of nitrogens with two attached hydrogens (primary N) is 1. The first kappa shape index (κ1) is 17.0. The van der Waals surface area contributed by atoms with Crippen molar-refractivity contribution in [2.24, 2.45) is 0 Å². The zero-order valence-electron chi connectivity index (χ0n) is 13.9. The molecule has 0 bridgehead atoms. The number of nitrogen functional groups attached to an aromatic ring is 1. The summed E-state index contributed by atoms with van der Waals surface area (Å²) in [5.41, 5.74) is 7.74. The zero-order chi connectivity index (χ0) is 16.7. The van der Waals surface area contributed by atoms with Crippen molar-refractivity contribution >= 4 is 11.5 Å². The summed E-state index contributed by atoms with van der Waals surface area (Å²) in [6, 6.07) is 7.92. The molecule has 0 saturated carbocycles. The summed E-state index contributed by atoms with van der Waals surface area (Å²) in [4.78, 5) is 8.26. The predicted molar refractivity (Wildman–Crippen MR) is 92.0 cm³/mol. The lowest BCUT2D eigenvalue weighted by molar-refractivity contribution is 0.198. The minimum absolute atomic E-state index is 0.353. The van der Waals surface area contributed by atoms with Gasteiger partial charge in [0.2, 0.25) is 5.88 Å². The molecule has 6 nitrogen and oxygen atoms in total. The van der Waals surface area contributed by atoms with Crippen LogP contribution in [0.3, 0.4) is 0 Å². The van der Waals surface area contributed by atoms with E-state index in [1.54, 1.807) is 7.11 Å². The van der Waals surface area contributed by atoms with Gasteiger partial charge >= 0.3 is 0 Å². The molecule has 0 radical (unpaired) electrons. The van der Waals surface area contributed by atoms with Gasteiger partial charge in [0.15, 0.2) is 5.82 Å². The molecule has 0 atom stereocenters. The van der Waals surface area contributed by atoms with E-state index >= 15 is 0 Å². The summed E-state index contributed by atoms with van der Waals surface area (Å²) in [5.74, 6) is 2.11. The van der Waals surface area contributed by atoms with E-state index < -0.39 is 0 Å². The maximum atomic E-state index is 6.08. The number of rotatable bonds is 8. The number of ether oxygens (including phenoxy) is 2. The van der Waals surface area contributed by atoms with Crippen molar-refractivity contribution in [3.05, 3.63) is 36.2 Å². The van der Waals surface area contributed by atoms with Crippen LogP contribution in [0.15, 0.2) is 30.6 Å². The number of benzene rings is 1. The van der Waals surface area contributed by atoms with Gasteiger partial charge in [0.25, 0.3) is 0 Å². The van der Waals surface area contributed by atoms with Crippen molar-refractivity contribution in [3.63, 3.8) is 0 Å². The molecule has 0 amide bonds. The van der Waals surface area contributed by atoms with Crippen LogP contribution >= 0.6 is 0 Å².